The second-order valence-corrected chi connectivity index (χ2v) is 4.40. The summed E-state index contributed by atoms with van der Waals surface area (Å²) in [6.45, 7) is 3.72. The first-order valence-corrected chi connectivity index (χ1v) is 6.01. The number of rotatable bonds is 7. The first kappa shape index (κ1) is 14.0. The van der Waals surface area contributed by atoms with E-state index in [1.54, 1.807) is 0 Å². The number of nitrogens with zero attached hydrogens (tertiary/aromatic N) is 1. The Morgan fingerprint density at radius 3 is 2.41 bits per heavy atom. The van der Waals surface area contributed by atoms with Crippen LogP contribution in [0.25, 0.3) is 0 Å². The average molecular weight is 237 g/mol. The zero-order valence-electron chi connectivity index (χ0n) is 10.9. The molecule has 0 bridgehead atoms. The highest BCUT2D eigenvalue weighted by atomic mass is 16.5. The summed E-state index contributed by atoms with van der Waals surface area (Å²) in [7, 11) is 4.06. The van der Waals surface area contributed by atoms with E-state index in [-0.39, 0.29) is 6.04 Å². The smallest absolute Gasteiger partial charge is 0.119 e. The molecular weight excluding hydrogens is 214 g/mol. The van der Waals surface area contributed by atoms with E-state index in [2.05, 4.69) is 29.4 Å². The zero-order chi connectivity index (χ0) is 12.7. The third-order valence-corrected chi connectivity index (χ3v) is 2.50. The molecule has 0 saturated carbocycles. The molecule has 0 amide bonds. The molecule has 96 valence electrons. The van der Waals surface area contributed by atoms with Crippen molar-refractivity contribution in [1.29, 1.82) is 0 Å². The normalized spacial score (nSPS) is 12.8. The van der Waals surface area contributed by atoms with Crippen molar-refractivity contribution in [3.63, 3.8) is 0 Å². The summed E-state index contributed by atoms with van der Waals surface area (Å²) in [5, 5.41) is 0. The molecule has 3 N–H and O–H groups in total. The largest absolute Gasteiger partial charge is 0.494 e. The van der Waals surface area contributed by atoms with E-state index >= 15 is 0 Å². The second kappa shape index (κ2) is 7.27. The fraction of sp³-hybridized carbons (Fsp3) is 0.538. The molecule has 0 saturated heterocycles. The van der Waals surface area contributed by atoms with Gasteiger partial charge < -0.3 is 9.64 Å². The lowest BCUT2D eigenvalue weighted by Crippen LogP contribution is -2.35. The van der Waals surface area contributed by atoms with Crippen LogP contribution in [0.4, 0.5) is 0 Å². The predicted molar refractivity (Wildman–Crippen MR) is 70.8 cm³/mol. The van der Waals surface area contributed by atoms with Gasteiger partial charge in [-0.2, -0.15) is 0 Å². The Labute approximate surface area is 104 Å². The highest BCUT2D eigenvalue weighted by molar-refractivity contribution is 5.29. The lowest BCUT2D eigenvalue weighted by atomic mass is 10.1. The minimum Gasteiger partial charge on any atom is -0.494 e. The van der Waals surface area contributed by atoms with E-state index < -0.39 is 0 Å². The quantitative estimate of drug-likeness (QED) is 0.558. The summed E-state index contributed by atoms with van der Waals surface area (Å²) >= 11 is 0. The van der Waals surface area contributed by atoms with Gasteiger partial charge in [-0.3, -0.25) is 11.3 Å². The van der Waals surface area contributed by atoms with Gasteiger partial charge in [-0.25, -0.2) is 0 Å². The van der Waals surface area contributed by atoms with E-state index in [1.807, 2.05) is 26.2 Å². The van der Waals surface area contributed by atoms with Crippen LogP contribution in [0.3, 0.4) is 0 Å². The minimum absolute atomic E-state index is 0.144. The van der Waals surface area contributed by atoms with Gasteiger partial charge in [-0.05, 0) is 38.2 Å². The third kappa shape index (κ3) is 4.73. The van der Waals surface area contributed by atoms with Gasteiger partial charge >= 0.3 is 0 Å². The number of hydrazine groups is 1. The average Bonchev–Trinajstić information content (AvgIpc) is 2.34. The standard InChI is InChI=1S/C13H23N3O/c1-4-9-17-12-7-5-11(6-8-12)13(15-14)10-16(2)3/h5-8,13,15H,4,9-10,14H2,1-3H3. The second-order valence-electron chi connectivity index (χ2n) is 4.40. The van der Waals surface area contributed by atoms with Crippen molar-refractivity contribution < 1.29 is 4.74 Å². The van der Waals surface area contributed by atoms with Crippen LogP contribution in [0, 0.1) is 0 Å². The van der Waals surface area contributed by atoms with E-state index in [4.69, 9.17) is 10.6 Å². The van der Waals surface area contributed by atoms with Crippen LogP contribution in [-0.4, -0.2) is 32.1 Å². The Kier molecular flexibility index (Phi) is 5.97. The summed E-state index contributed by atoms with van der Waals surface area (Å²) in [5.74, 6) is 6.48. The first-order chi connectivity index (χ1) is 8.17. The molecule has 4 heteroatoms. The third-order valence-electron chi connectivity index (χ3n) is 2.50. The number of nitrogens with one attached hydrogen (secondary N) is 1. The van der Waals surface area contributed by atoms with Crippen LogP contribution in [0.2, 0.25) is 0 Å². The highest BCUT2D eigenvalue weighted by Crippen LogP contribution is 2.18. The van der Waals surface area contributed by atoms with Gasteiger partial charge in [0.2, 0.25) is 0 Å². The summed E-state index contributed by atoms with van der Waals surface area (Å²) in [6, 6.07) is 8.24. The molecule has 1 aromatic rings. The molecule has 0 aliphatic carbocycles. The van der Waals surface area contributed by atoms with Crippen LogP contribution in [-0.2, 0) is 0 Å². The van der Waals surface area contributed by atoms with Gasteiger partial charge in [0.25, 0.3) is 0 Å². The van der Waals surface area contributed by atoms with Gasteiger partial charge in [0.05, 0.1) is 12.6 Å². The molecule has 4 nitrogen and oxygen atoms in total. The fourth-order valence-electron chi connectivity index (χ4n) is 1.64. The van der Waals surface area contributed by atoms with Gasteiger partial charge in [0.15, 0.2) is 0 Å². The van der Waals surface area contributed by atoms with E-state index in [1.165, 1.54) is 5.56 Å². The molecule has 0 heterocycles. The van der Waals surface area contributed by atoms with E-state index in [9.17, 15) is 0 Å². The number of ether oxygens (including phenoxy) is 1. The van der Waals surface area contributed by atoms with Crippen LogP contribution in [0.5, 0.6) is 5.75 Å². The van der Waals surface area contributed by atoms with Crippen molar-refractivity contribution in [3.05, 3.63) is 29.8 Å². The summed E-state index contributed by atoms with van der Waals surface area (Å²) in [5.41, 5.74) is 4.00. The molecule has 0 fully saturated rings. The van der Waals surface area contributed by atoms with Gasteiger partial charge in [-0.1, -0.05) is 19.1 Å². The fourth-order valence-corrected chi connectivity index (χ4v) is 1.64. The summed E-state index contributed by atoms with van der Waals surface area (Å²) in [6.07, 6.45) is 1.02. The van der Waals surface area contributed by atoms with Gasteiger partial charge in [-0.15, -0.1) is 0 Å². The lowest BCUT2D eigenvalue weighted by Gasteiger charge is -2.20. The molecule has 0 radical (unpaired) electrons. The molecule has 0 aliphatic heterocycles. The van der Waals surface area contributed by atoms with E-state index in [0.29, 0.717) is 0 Å². The van der Waals surface area contributed by atoms with Crippen molar-refractivity contribution in [2.24, 2.45) is 5.84 Å². The Hall–Kier alpha value is -1.10. The first-order valence-electron chi connectivity index (χ1n) is 6.01. The number of likely N-dealkylation sites (N-methyl/N-ethyl adjacent to an activating group) is 1. The Bertz CT molecular complexity index is 311. The maximum atomic E-state index is 5.56. The van der Waals surface area contributed by atoms with Crippen molar-refractivity contribution >= 4 is 0 Å². The number of nitrogens with two attached hydrogens (primary N) is 1. The molecule has 1 atom stereocenters. The van der Waals surface area contributed by atoms with Crippen molar-refractivity contribution in [2.45, 2.75) is 19.4 Å². The molecule has 0 aliphatic rings. The molecular formula is C13H23N3O. The lowest BCUT2D eigenvalue weighted by molar-refractivity contribution is 0.316. The van der Waals surface area contributed by atoms with Crippen LogP contribution < -0.4 is 16.0 Å². The van der Waals surface area contributed by atoms with Crippen molar-refractivity contribution in [3.8, 4) is 5.75 Å². The monoisotopic (exact) mass is 237 g/mol. The summed E-state index contributed by atoms with van der Waals surface area (Å²) in [4.78, 5) is 2.10. The van der Waals surface area contributed by atoms with Crippen LogP contribution in [0.1, 0.15) is 24.9 Å². The SMILES string of the molecule is CCCOc1ccc(C(CN(C)C)NN)cc1. The highest BCUT2D eigenvalue weighted by Gasteiger charge is 2.10. The maximum absolute atomic E-state index is 5.56. The summed E-state index contributed by atoms with van der Waals surface area (Å²) < 4.78 is 5.54. The Morgan fingerprint density at radius 1 is 1.29 bits per heavy atom. The minimum atomic E-state index is 0.144. The topological polar surface area (TPSA) is 50.5 Å². The molecule has 1 aromatic carbocycles. The molecule has 1 unspecified atom stereocenters. The van der Waals surface area contributed by atoms with Crippen LogP contribution >= 0.6 is 0 Å². The Balaban J connectivity index is 2.64. The predicted octanol–water partition coefficient (Wildman–Crippen LogP) is 1.54. The van der Waals surface area contributed by atoms with Gasteiger partial charge in [0.1, 0.15) is 5.75 Å². The number of hydrogen-bond donors (Lipinski definition) is 2. The maximum Gasteiger partial charge on any atom is 0.119 e. The van der Waals surface area contributed by atoms with Crippen LogP contribution in [0.15, 0.2) is 24.3 Å². The van der Waals surface area contributed by atoms with E-state index in [0.717, 1.165) is 25.3 Å². The van der Waals surface area contributed by atoms with Crippen molar-refractivity contribution in [1.82, 2.24) is 10.3 Å². The number of hydrogen-bond acceptors (Lipinski definition) is 4. The molecule has 0 aromatic heterocycles. The number of benzene rings is 1. The Morgan fingerprint density at radius 2 is 1.94 bits per heavy atom. The zero-order valence-corrected chi connectivity index (χ0v) is 10.9. The molecule has 1 rings (SSSR count). The molecule has 17 heavy (non-hydrogen) atoms. The molecule has 0 spiro atoms. The van der Waals surface area contributed by atoms with Crippen molar-refractivity contribution in [2.75, 3.05) is 27.2 Å². The van der Waals surface area contributed by atoms with Gasteiger partial charge in [0, 0.05) is 6.54 Å².